The van der Waals surface area contributed by atoms with Crippen LogP contribution < -0.4 is 0 Å². The maximum absolute atomic E-state index is 15.1. The van der Waals surface area contributed by atoms with E-state index in [4.69, 9.17) is 6.42 Å². The molecule has 0 spiro atoms. The van der Waals surface area contributed by atoms with E-state index in [1.807, 2.05) is 12.1 Å². The summed E-state index contributed by atoms with van der Waals surface area (Å²) in [5, 5.41) is 0. The van der Waals surface area contributed by atoms with E-state index in [1.54, 1.807) is 0 Å². The minimum atomic E-state index is -0.0693. The summed E-state index contributed by atoms with van der Waals surface area (Å²) >= 11 is 0. The molecular formula is C32H41F. The highest BCUT2D eigenvalue weighted by atomic mass is 19.1. The summed E-state index contributed by atoms with van der Waals surface area (Å²) in [6.07, 6.45) is 21.8. The first kappa shape index (κ1) is 24.1. The number of unbranched alkanes of at least 4 members (excludes halogenated alkanes) is 2. The largest absolute Gasteiger partial charge is 0.206 e. The third kappa shape index (κ3) is 6.29. The molecule has 176 valence electrons. The molecule has 4 rings (SSSR count). The van der Waals surface area contributed by atoms with Crippen LogP contribution in [-0.4, -0.2) is 0 Å². The van der Waals surface area contributed by atoms with Crippen molar-refractivity contribution in [1.82, 2.24) is 0 Å². The Labute approximate surface area is 201 Å². The van der Waals surface area contributed by atoms with Crippen LogP contribution in [0, 0.1) is 30.0 Å². The van der Waals surface area contributed by atoms with Gasteiger partial charge in [-0.1, -0.05) is 69.0 Å². The molecule has 33 heavy (non-hydrogen) atoms. The van der Waals surface area contributed by atoms with Crippen LogP contribution in [0.4, 0.5) is 4.39 Å². The second-order valence-corrected chi connectivity index (χ2v) is 10.7. The van der Waals surface area contributed by atoms with Crippen LogP contribution in [-0.2, 0) is 0 Å². The summed E-state index contributed by atoms with van der Waals surface area (Å²) < 4.78 is 15.1. The van der Waals surface area contributed by atoms with Gasteiger partial charge in [-0.3, -0.25) is 0 Å². The van der Waals surface area contributed by atoms with Crippen molar-refractivity contribution in [1.29, 1.82) is 0 Å². The van der Waals surface area contributed by atoms with Gasteiger partial charge >= 0.3 is 0 Å². The first-order valence-electron chi connectivity index (χ1n) is 13.5. The predicted octanol–water partition coefficient (Wildman–Crippen LogP) is 9.64. The standard InChI is InChI=1S/C32H41F/c1-3-5-6-8-25-11-15-28(16-12-25)30-21-22-31(32(33)23-30)29-19-17-27(18-20-29)26-13-9-24(7-4-2)10-14-26/h2,17-26,28H,3,5-16H2,1H3. The van der Waals surface area contributed by atoms with Crippen molar-refractivity contribution in [3.63, 3.8) is 0 Å². The topological polar surface area (TPSA) is 0 Å². The van der Waals surface area contributed by atoms with Crippen LogP contribution in [0.5, 0.6) is 0 Å². The van der Waals surface area contributed by atoms with E-state index in [-0.39, 0.29) is 5.82 Å². The van der Waals surface area contributed by atoms with E-state index in [2.05, 4.69) is 43.2 Å². The van der Waals surface area contributed by atoms with Gasteiger partial charge in [-0.2, -0.15) is 0 Å². The minimum absolute atomic E-state index is 0.0693. The quantitative estimate of drug-likeness (QED) is 0.281. The third-order valence-corrected chi connectivity index (χ3v) is 8.47. The number of hydrogen-bond acceptors (Lipinski definition) is 0. The second-order valence-electron chi connectivity index (χ2n) is 10.7. The lowest BCUT2D eigenvalue weighted by molar-refractivity contribution is 0.302. The Hall–Kier alpha value is -2.07. The first-order chi connectivity index (χ1) is 16.2. The number of hydrogen-bond donors (Lipinski definition) is 0. The summed E-state index contributed by atoms with van der Waals surface area (Å²) in [6, 6.07) is 14.7. The summed E-state index contributed by atoms with van der Waals surface area (Å²) in [6.45, 7) is 2.28. The van der Waals surface area contributed by atoms with Crippen LogP contribution in [0.1, 0.15) is 113 Å². The van der Waals surface area contributed by atoms with Crippen molar-refractivity contribution < 1.29 is 4.39 Å². The molecule has 2 saturated carbocycles. The molecule has 0 bridgehead atoms. The number of rotatable bonds is 8. The van der Waals surface area contributed by atoms with Gasteiger partial charge in [0.2, 0.25) is 0 Å². The summed E-state index contributed by atoms with van der Waals surface area (Å²) in [4.78, 5) is 0. The first-order valence-corrected chi connectivity index (χ1v) is 13.5. The molecule has 0 radical (unpaired) electrons. The Kier molecular flexibility index (Phi) is 8.66. The Bertz CT molecular complexity index is 903. The lowest BCUT2D eigenvalue weighted by Gasteiger charge is -2.29. The van der Waals surface area contributed by atoms with Crippen molar-refractivity contribution in [2.45, 2.75) is 102 Å². The van der Waals surface area contributed by atoms with E-state index in [9.17, 15) is 0 Å². The van der Waals surface area contributed by atoms with Gasteiger partial charge in [-0.05, 0) is 97.8 Å². The average Bonchev–Trinajstić information content (AvgIpc) is 2.85. The fraction of sp³-hybridized carbons (Fsp3) is 0.562. The molecule has 2 aromatic rings. The smallest absolute Gasteiger partial charge is 0.131 e. The predicted molar refractivity (Wildman–Crippen MR) is 139 cm³/mol. The highest BCUT2D eigenvalue weighted by Gasteiger charge is 2.24. The zero-order chi connectivity index (χ0) is 23.0. The van der Waals surface area contributed by atoms with E-state index < -0.39 is 0 Å². The molecule has 0 heterocycles. The van der Waals surface area contributed by atoms with Crippen molar-refractivity contribution in [2.75, 3.05) is 0 Å². The fourth-order valence-electron chi connectivity index (χ4n) is 6.29. The molecule has 0 aliphatic heterocycles. The average molecular weight is 445 g/mol. The van der Waals surface area contributed by atoms with E-state index in [1.165, 1.54) is 88.2 Å². The maximum Gasteiger partial charge on any atom is 0.131 e. The molecule has 0 nitrogen and oxygen atoms in total. The van der Waals surface area contributed by atoms with E-state index in [0.717, 1.165) is 23.5 Å². The van der Waals surface area contributed by atoms with Gasteiger partial charge in [-0.15, -0.1) is 12.3 Å². The Morgan fingerprint density at radius 2 is 1.39 bits per heavy atom. The van der Waals surface area contributed by atoms with Gasteiger partial charge in [0.15, 0.2) is 0 Å². The number of halogens is 1. The molecule has 2 aliphatic carbocycles. The number of terminal acetylenes is 1. The molecule has 0 N–H and O–H groups in total. The van der Waals surface area contributed by atoms with Gasteiger partial charge < -0.3 is 0 Å². The third-order valence-electron chi connectivity index (χ3n) is 8.47. The van der Waals surface area contributed by atoms with Gasteiger partial charge in [0, 0.05) is 12.0 Å². The lowest BCUT2D eigenvalue weighted by Crippen LogP contribution is -2.13. The molecule has 0 aromatic heterocycles. The van der Waals surface area contributed by atoms with E-state index in [0.29, 0.717) is 17.8 Å². The van der Waals surface area contributed by atoms with Crippen molar-refractivity contribution in [3.05, 3.63) is 59.4 Å². The summed E-state index contributed by atoms with van der Waals surface area (Å²) in [7, 11) is 0. The van der Waals surface area contributed by atoms with E-state index >= 15 is 4.39 Å². The number of benzene rings is 2. The normalized spacial score (nSPS) is 25.5. The minimum Gasteiger partial charge on any atom is -0.206 e. The van der Waals surface area contributed by atoms with Gasteiger partial charge in [0.05, 0.1) is 0 Å². The van der Waals surface area contributed by atoms with Gasteiger partial charge in [0.25, 0.3) is 0 Å². The summed E-state index contributed by atoms with van der Waals surface area (Å²) in [5.41, 5.74) is 4.31. The maximum atomic E-state index is 15.1. The zero-order valence-corrected chi connectivity index (χ0v) is 20.5. The molecular weight excluding hydrogens is 403 g/mol. The van der Waals surface area contributed by atoms with Crippen LogP contribution in [0.15, 0.2) is 42.5 Å². The molecule has 2 aromatic carbocycles. The fourth-order valence-corrected chi connectivity index (χ4v) is 6.29. The Morgan fingerprint density at radius 3 is 2.00 bits per heavy atom. The van der Waals surface area contributed by atoms with Gasteiger partial charge in [-0.25, -0.2) is 4.39 Å². The summed E-state index contributed by atoms with van der Waals surface area (Å²) in [5.74, 6) is 5.50. The monoisotopic (exact) mass is 444 g/mol. The SMILES string of the molecule is C#CCC1CCC(c2ccc(-c3ccc(C4CCC(CCCCC)CC4)cc3F)cc2)CC1. The molecule has 0 saturated heterocycles. The molecule has 2 aliphatic rings. The Morgan fingerprint density at radius 1 is 0.788 bits per heavy atom. The van der Waals surface area contributed by atoms with Crippen molar-refractivity contribution in [2.24, 2.45) is 11.8 Å². The van der Waals surface area contributed by atoms with Crippen LogP contribution in [0.25, 0.3) is 11.1 Å². The molecule has 0 amide bonds. The highest BCUT2D eigenvalue weighted by molar-refractivity contribution is 5.65. The van der Waals surface area contributed by atoms with Crippen molar-refractivity contribution in [3.8, 4) is 23.5 Å². The van der Waals surface area contributed by atoms with Crippen LogP contribution in [0.3, 0.4) is 0 Å². The molecule has 2 fully saturated rings. The zero-order valence-electron chi connectivity index (χ0n) is 20.5. The lowest BCUT2D eigenvalue weighted by atomic mass is 9.76. The van der Waals surface area contributed by atoms with Crippen molar-refractivity contribution >= 4 is 0 Å². The van der Waals surface area contributed by atoms with Gasteiger partial charge in [0.1, 0.15) is 5.82 Å². The highest BCUT2D eigenvalue weighted by Crippen LogP contribution is 2.40. The van der Waals surface area contributed by atoms with Crippen LogP contribution in [0.2, 0.25) is 0 Å². The molecule has 0 atom stereocenters. The molecule has 0 unspecified atom stereocenters. The van der Waals surface area contributed by atoms with Crippen LogP contribution >= 0.6 is 0 Å². The molecule has 1 heteroatoms. The second kappa shape index (κ2) is 11.9. The Balaban J connectivity index is 1.34.